The Balaban J connectivity index is 1.99. The van der Waals surface area contributed by atoms with Crippen LogP contribution in [0.25, 0.3) is 0 Å². The highest BCUT2D eigenvalue weighted by Crippen LogP contribution is 2.41. The van der Waals surface area contributed by atoms with Crippen LogP contribution in [0.15, 0.2) is 23.8 Å². The second kappa shape index (κ2) is 6.02. The molecule has 1 N–H and O–H groups in total. The maximum Gasteiger partial charge on any atom is 0.0798 e. The van der Waals surface area contributed by atoms with Gasteiger partial charge in [-0.15, -0.1) is 11.3 Å². The summed E-state index contributed by atoms with van der Waals surface area (Å²) in [5, 5.41) is 3.67. The molecule has 3 nitrogen and oxygen atoms in total. The molecule has 0 saturated carbocycles. The van der Waals surface area contributed by atoms with Crippen LogP contribution >= 0.6 is 11.3 Å². The topological polar surface area (TPSA) is 37.8 Å². The van der Waals surface area contributed by atoms with E-state index in [1.165, 1.54) is 35.4 Å². The van der Waals surface area contributed by atoms with Crippen LogP contribution in [0.3, 0.4) is 0 Å². The Hall–Kier alpha value is -1.26. The van der Waals surface area contributed by atoms with Crippen LogP contribution in [0.1, 0.15) is 53.6 Å². The van der Waals surface area contributed by atoms with Crippen molar-refractivity contribution < 1.29 is 0 Å². The zero-order chi connectivity index (χ0) is 13.9. The molecule has 3 rings (SSSR count). The molecule has 2 heterocycles. The number of aromatic nitrogens is 2. The number of thiazole rings is 1. The predicted octanol–water partition coefficient (Wildman–Crippen LogP) is 3.62. The summed E-state index contributed by atoms with van der Waals surface area (Å²) in [5.41, 5.74) is 5.83. The minimum absolute atomic E-state index is 0.349. The minimum atomic E-state index is 0.349. The molecule has 1 aliphatic carbocycles. The number of fused-ring (bicyclic) bond motifs is 1. The summed E-state index contributed by atoms with van der Waals surface area (Å²) in [6, 6.07) is 4.64. The highest BCUT2D eigenvalue weighted by atomic mass is 32.1. The fraction of sp³-hybridized carbons (Fsp3) is 0.500. The first kappa shape index (κ1) is 13.7. The molecule has 0 amide bonds. The molecule has 0 saturated heterocycles. The Labute approximate surface area is 124 Å². The van der Waals surface area contributed by atoms with Gasteiger partial charge in [-0.1, -0.05) is 13.0 Å². The van der Waals surface area contributed by atoms with Crippen molar-refractivity contribution in [2.45, 2.75) is 45.1 Å². The van der Waals surface area contributed by atoms with Gasteiger partial charge < -0.3 is 5.32 Å². The van der Waals surface area contributed by atoms with Gasteiger partial charge in [0.1, 0.15) is 0 Å². The van der Waals surface area contributed by atoms with E-state index in [1.54, 1.807) is 11.3 Å². The van der Waals surface area contributed by atoms with Crippen molar-refractivity contribution in [2.24, 2.45) is 0 Å². The van der Waals surface area contributed by atoms with Gasteiger partial charge in [-0.05, 0) is 44.4 Å². The van der Waals surface area contributed by atoms with Gasteiger partial charge in [-0.3, -0.25) is 4.98 Å². The standard InChI is InChI=1S/C16H21N3S/c1-3-17-15(16-11(2)19-10-20-16)13-8-4-6-12-7-5-9-18-14(12)13/h5,7,9-10,13,15,17H,3-4,6,8H2,1-2H3. The van der Waals surface area contributed by atoms with E-state index in [2.05, 4.69) is 41.3 Å². The lowest BCUT2D eigenvalue weighted by atomic mass is 9.81. The average molecular weight is 287 g/mol. The fourth-order valence-electron chi connectivity index (χ4n) is 3.22. The second-order valence-corrected chi connectivity index (χ2v) is 6.27. The minimum Gasteiger partial charge on any atom is -0.309 e. The Morgan fingerprint density at radius 3 is 3.10 bits per heavy atom. The van der Waals surface area contributed by atoms with Crippen molar-refractivity contribution >= 4 is 11.3 Å². The number of nitrogens with one attached hydrogen (secondary N) is 1. The molecule has 106 valence electrons. The molecule has 0 bridgehead atoms. The van der Waals surface area contributed by atoms with Crippen LogP contribution in [0.2, 0.25) is 0 Å². The van der Waals surface area contributed by atoms with Gasteiger partial charge in [0.25, 0.3) is 0 Å². The van der Waals surface area contributed by atoms with Crippen molar-refractivity contribution in [1.82, 2.24) is 15.3 Å². The van der Waals surface area contributed by atoms with Gasteiger partial charge in [-0.2, -0.15) is 0 Å². The van der Waals surface area contributed by atoms with E-state index in [1.807, 2.05) is 11.7 Å². The van der Waals surface area contributed by atoms with Crippen molar-refractivity contribution in [2.75, 3.05) is 6.54 Å². The second-order valence-electron chi connectivity index (χ2n) is 5.38. The van der Waals surface area contributed by atoms with Crippen molar-refractivity contribution in [3.05, 3.63) is 45.7 Å². The van der Waals surface area contributed by atoms with Crippen LogP contribution in [-0.4, -0.2) is 16.5 Å². The molecular formula is C16H21N3S. The number of hydrogen-bond acceptors (Lipinski definition) is 4. The summed E-state index contributed by atoms with van der Waals surface area (Å²) < 4.78 is 0. The largest absolute Gasteiger partial charge is 0.309 e. The zero-order valence-corrected chi connectivity index (χ0v) is 12.9. The third kappa shape index (κ3) is 2.50. The van der Waals surface area contributed by atoms with Crippen LogP contribution in [0.4, 0.5) is 0 Å². The van der Waals surface area contributed by atoms with Crippen LogP contribution in [-0.2, 0) is 6.42 Å². The maximum absolute atomic E-state index is 4.69. The third-order valence-electron chi connectivity index (χ3n) is 4.13. The molecule has 0 aromatic carbocycles. The smallest absolute Gasteiger partial charge is 0.0798 e. The molecule has 2 atom stereocenters. The maximum atomic E-state index is 4.69. The van der Waals surface area contributed by atoms with E-state index in [4.69, 9.17) is 0 Å². The van der Waals surface area contributed by atoms with Gasteiger partial charge in [0.15, 0.2) is 0 Å². The summed E-state index contributed by atoms with van der Waals surface area (Å²) in [7, 11) is 0. The predicted molar refractivity (Wildman–Crippen MR) is 83.2 cm³/mol. The summed E-state index contributed by atoms with van der Waals surface area (Å²) in [6.45, 7) is 5.25. The van der Waals surface area contributed by atoms with Gasteiger partial charge in [0.05, 0.1) is 17.2 Å². The number of likely N-dealkylation sites (N-methyl/N-ethyl adjacent to an activating group) is 1. The SMILES string of the molecule is CCNC(c1scnc1C)C1CCCc2cccnc21. The molecule has 2 aromatic rings. The lowest BCUT2D eigenvalue weighted by Gasteiger charge is -2.31. The van der Waals surface area contributed by atoms with E-state index in [0.717, 1.165) is 12.2 Å². The Morgan fingerprint density at radius 1 is 1.45 bits per heavy atom. The van der Waals surface area contributed by atoms with Crippen LogP contribution in [0.5, 0.6) is 0 Å². The number of rotatable bonds is 4. The first-order chi connectivity index (χ1) is 9.81. The first-order valence-electron chi connectivity index (χ1n) is 7.38. The highest BCUT2D eigenvalue weighted by Gasteiger charge is 2.31. The molecule has 20 heavy (non-hydrogen) atoms. The first-order valence-corrected chi connectivity index (χ1v) is 8.26. The highest BCUT2D eigenvalue weighted by molar-refractivity contribution is 7.09. The Bertz CT molecular complexity index is 579. The summed E-state index contributed by atoms with van der Waals surface area (Å²) in [6.07, 6.45) is 5.56. The normalized spacial score (nSPS) is 19.6. The summed E-state index contributed by atoms with van der Waals surface area (Å²) >= 11 is 1.76. The number of aryl methyl sites for hydroxylation is 2. The van der Waals surface area contributed by atoms with Crippen molar-refractivity contribution in [3.63, 3.8) is 0 Å². The van der Waals surface area contributed by atoms with Crippen molar-refractivity contribution in [1.29, 1.82) is 0 Å². The summed E-state index contributed by atoms with van der Waals surface area (Å²) in [4.78, 5) is 10.5. The van der Waals surface area contributed by atoms with Gasteiger partial charge >= 0.3 is 0 Å². The van der Waals surface area contributed by atoms with Crippen LogP contribution < -0.4 is 5.32 Å². The molecule has 0 spiro atoms. The van der Waals surface area contributed by atoms with Crippen LogP contribution in [0, 0.1) is 6.92 Å². The van der Waals surface area contributed by atoms with E-state index in [9.17, 15) is 0 Å². The number of pyridine rings is 1. The van der Waals surface area contributed by atoms with E-state index >= 15 is 0 Å². The van der Waals surface area contributed by atoms with E-state index < -0.39 is 0 Å². The molecular weight excluding hydrogens is 266 g/mol. The van der Waals surface area contributed by atoms with E-state index in [-0.39, 0.29) is 0 Å². The lowest BCUT2D eigenvalue weighted by Crippen LogP contribution is -2.29. The number of nitrogens with zero attached hydrogens (tertiary/aromatic N) is 2. The number of hydrogen-bond donors (Lipinski definition) is 1. The summed E-state index contributed by atoms with van der Waals surface area (Å²) in [5.74, 6) is 0.471. The lowest BCUT2D eigenvalue weighted by molar-refractivity contribution is 0.403. The molecule has 4 heteroatoms. The Kier molecular flexibility index (Phi) is 4.13. The van der Waals surface area contributed by atoms with Gasteiger partial charge in [-0.25, -0.2) is 4.98 Å². The average Bonchev–Trinajstić information content (AvgIpc) is 2.90. The molecule has 1 aliphatic rings. The quantitative estimate of drug-likeness (QED) is 0.933. The molecule has 2 aromatic heterocycles. The monoisotopic (exact) mass is 287 g/mol. The van der Waals surface area contributed by atoms with Gasteiger partial charge in [0, 0.05) is 22.7 Å². The molecule has 0 fully saturated rings. The third-order valence-corrected chi connectivity index (χ3v) is 5.14. The fourth-order valence-corrected chi connectivity index (χ4v) is 4.16. The van der Waals surface area contributed by atoms with Gasteiger partial charge in [0.2, 0.25) is 0 Å². The van der Waals surface area contributed by atoms with Crippen molar-refractivity contribution in [3.8, 4) is 0 Å². The zero-order valence-electron chi connectivity index (χ0n) is 12.1. The molecule has 0 aliphatic heterocycles. The Morgan fingerprint density at radius 2 is 2.35 bits per heavy atom. The molecule has 0 radical (unpaired) electrons. The molecule has 2 unspecified atom stereocenters. The van der Waals surface area contributed by atoms with E-state index in [0.29, 0.717) is 12.0 Å².